The molecule has 0 unspecified atom stereocenters. The maximum absolute atomic E-state index is 13.8. The van der Waals surface area contributed by atoms with Crippen molar-refractivity contribution in [2.45, 2.75) is 209 Å². The van der Waals surface area contributed by atoms with Crippen molar-refractivity contribution in [3.8, 4) is 0 Å². The number of fused-ring (bicyclic) bond motifs is 4. The number of carbonyl (C=O) groups is 1. The van der Waals surface area contributed by atoms with E-state index in [0.29, 0.717) is 18.8 Å². The van der Waals surface area contributed by atoms with Gasteiger partial charge in [0.15, 0.2) is 24.7 Å². The van der Waals surface area contributed by atoms with Gasteiger partial charge in [0, 0.05) is 31.8 Å². The smallest absolute Gasteiger partial charge is 0.187 e. The van der Waals surface area contributed by atoms with Crippen LogP contribution in [0.15, 0.2) is 0 Å². The monoisotopic (exact) mass is 989 g/mol. The maximum Gasteiger partial charge on any atom is 0.187 e. The van der Waals surface area contributed by atoms with Gasteiger partial charge in [0.25, 0.3) is 0 Å². The number of hydrogen-bond acceptors (Lipinski definition) is 20. The van der Waals surface area contributed by atoms with E-state index in [9.17, 15) is 61.0 Å². The Hall–Kier alpha value is -1.09. The van der Waals surface area contributed by atoms with Crippen molar-refractivity contribution < 1.29 is 98.9 Å². The van der Waals surface area contributed by atoms with Gasteiger partial charge in [0.1, 0.15) is 79.0 Å². The van der Waals surface area contributed by atoms with E-state index in [-0.39, 0.29) is 58.2 Å². The zero-order chi connectivity index (χ0) is 50.1. The van der Waals surface area contributed by atoms with Crippen LogP contribution in [0.3, 0.4) is 0 Å². The Balaban J connectivity index is 0.877. The quantitative estimate of drug-likeness (QED) is 0.0915. The van der Waals surface area contributed by atoms with Gasteiger partial charge >= 0.3 is 0 Å². The van der Waals surface area contributed by atoms with Crippen LogP contribution >= 0.6 is 0 Å². The van der Waals surface area contributed by atoms with Crippen molar-refractivity contribution in [3.63, 3.8) is 0 Å². The maximum atomic E-state index is 13.8. The van der Waals surface area contributed by atoms with E-state index in [2.05, 4.69) is 34.6 Å². The highest BCUT2D eigenvalue weighted by molar-refractivity contribution is 5.81. The molecule has 4 aliphatic heterocycles. The Kier molecular flexibility index (Phi) is 14.2. The number of methoxy groups -OCH3 is 1. The summed E-state index contributed by atoms with van der Waals surface area (Å²) in [5.74, 6) is -0.919. The summed E-state index contributed by atoms with van der Waals surface area (Å²) < 4.78 is 49.3. The standard InChI is InChI=1S/C49H80O20/c1-21(18-63-41-37(60)34(57)31(54)25(15-50)64-41)23(53)14-24-22(2)40-45(5)12-13-48-20-47(48)11-10-30(44(3,4)28(47)8-9-29(48)46(45,6)19-49(40,62-7)69-24)67-43-39(36(59)33(56)27(17-52)66-43)68-42-38(61)35(58)32(55)26(16-51)65-42/h21-22,24-43,50-52,54-61H,8-20H2,1-7H3/t21-,22-,24+,25-,26-,27-,28+,29+,30+,31-,32-,33+,34+,35+,36+,37-,38-,39-,40-,41-,42+,43+,45-,46+,47-,48+,49+/m1/s1. The SMILES string of the molecule is CO[C@]12C[C@@]3(C)[C@@H]4CC[C@H]5C(C)(C)[C@@H](O[C@@H]6O[C@H](CO)[C@H](O)[C@H](O)[C@H]6O[C@@H]6O[C@H](CO)[C@@H](O)[C@H](O)[C@H]6O)CC[C@@]56C[C@@]46CC[C@]3(C)[C@H]1[C@H](C)[C@H](CC(=O)[C@H](C)CO[C@@H]1O[C@H](CO)[C@@H](O)[C@H](O)[C@H]1O)O2. The molecule has 4 saturated heterocycles. The predicted molar refractivity (Wildman–Crippen MR) is 236 cm³/mol. The molecule has 0 radical (unpaired) electrons. The lowest BCUT2D eigenvalue weighted by Gasteiger charge is -2.63. The highest BCUT2D eigenvalue weighted by Gasteiger charge is 2.85. The summed E-state index contributed by atoms with van der Waals surface area (Å²) >= 11 is 0. The number of rotatable bonds is 14. The van der Waals surface area contributed by atoms with Gasteiger partial charge in [-0.1, -0.05) is 41.5 Å². The predicted octanol–water partition coefficient (Wildman–Crippen LogP) is -1.17. The van der Waals surface area contributed by atoms with Crippen molar-refractivity contribution in [1.82, 2.24) is 0 Å². The molecule has 0 aromatic carbocycles. The van der Waals surface area contributed by atoms with Gasteiger partial charge in [-0.05, 0) is 89.8 Å². The van der Waals surface area contributed by atoms with Crippen molar-refractivity contribution in [1.29, 1.82) is 0 Å². The topological polar surface area (TPSA) is 313 Å². The number of Topliss-reactive ketones (excluding diaryl/α,β-unsaturated/α-hetero) is 1. The van der Waals surface area contributed by atoms with Crippen molar-refractivity contribution in [2.75, 3.05) is 33.5 Å². The van der Waals surface area contributed by atoms with E-state index in [4.69, 9.17) is 37.9 Å². The van der Waals surface area contributed by atoms with Crippen molar-refractivity contribution in [2.24, 2.45) is 56.7 Å². The molecule has 69 heavy (non-hydrogen) atoms. The number of ether oxygens (including phenoxy) is 8. The van der Waals surface area contributed by atoms with E-state index < -0.39 is 141 Å². The zero-order valence-corrected chi connectivity index (χ0v) is 41.0. The molecule has 27 atom stereocenters. The van der Waals surface area contributed by atoms with E-state index in [0.717, 1.165) is 38.5 Å². The van der Waals surface area contributed by atoms with Crippen LogP contribution in [0.2, 0.25) is 0 Å². The normalized spacial score (nSPS) is 55.8. The van der Waals surface area contributed by atoms with Crippen LogP contribution in [0, 0.1) is 56.7 Å². The highest BCUT2D eigenvalue weighted by Crippen LogP contribution is 2.90. The molecule has 11 N–H and O–H groups in total. The molecule has 2 spiro atoms. The van der Waals surface area contributed by atoms with Gasteiger partial charge in [0.05, 0.1) is 38.6 Å². The lowest BCUT2D eigenvalue weighted by atomic mass is 9.41. The lowest BCUT2D eigenvalue weighted by molar-refractivity contribution is -0.377. The fourth-order valence-electron chi connectivity index (χ4n) is 16.6. The third-order valence-electron chi connectivity index (χ3n) is 20.5. The van der Waals surface area contributed by atoms with Crippen LogP contribution in [-0.2, 0) is 42.7 Å². The molecule has 0 bridgehead atoms. The second-order valence-electron chi connectivity index (χ2n) is 23.8. The summed E-state index contributed by atoms with van der Waals surface area (Å²) in [6, 6.07) is 0. The largest absolute Gasteiger partial charge is 0.394 e. The van der Waals surface area contributed by atoms with E-state index >= 15 is 0 Å². The highest BCUT2D eigenvalue weighted by atomic mass is 16.8. The Bertz CT molecular complexity index is 1860. The first-order valence-corrected chi connectivity index (χ1v) is 25.4. The molecular weight excluding hydrogens is 909 g/mol. The fourth-order valence-corrected chi connectivity index (χ4v) is 16.6. The average Bonchev–Trinajstić information content (AvgIpc) is 3.84. The van der Waals surface area contributed by atoms with Gasteiger partial charge in [0.2, 0.25) is 0 Å². The minimum Gasteiger partial charge on any atom is -0.394 e. The molecule has 0 amide bonds. The second-order valence-corrected chi connectivity index (χ2v) is 23.8. The molecule has 9 rings (SSSR count). The lowest BCUT2D eigenvalue weighted by Crippen LogP contribution is -2.65. The average molecular weight is 989 g/mol. The number of hydrogen-bond donors (Lipinski definition) is 11. The second kappa shape index (κ2) is 18.6. The first-order chi connectivity index (χ1) is 32.5. The van der Waals surface area contributed by atoms with Crippen LogP contribution in [0.25, 0.3) is 0 Å². The molecule has 20 nitrogen and oxygen atoms in total. The molecule has 4 heterocycles. The number of aliphatic hydroxyl groups excluding tert-OH is 11. The van der Waals surface area contributed by atoms with Crippen molar-refractivity contribution >= 4 is 5.78 Å². The van der Waals surface area contributed by atoms with Crippen LogP contribution in [-0.4, -0.2) is 206 Å². The van der Waals surface area contributed by atoms with Crippen LogP contribution in [0.4, 0.5) is 0 Å². The van der Waals surface area contributed by atoms with Crippen LogP contribution < -0.4 is 0 Å². The number of carbonyl (C=O) groups excluding carboxylic acids is 1. The summed E-state index contributed by atoms with van der Waals surface area (Å²) in [4.78, 5) is 13.8. The molecule has 5 aliphatic carbocycles. The molecule has 9 aliphatic rings. The summed E-state index contributed by atoms with van der Waals surface area (Å²) in [6.45, 7) is 11.2. The Labute approximate surface area is 403 Å². The minimum absolute atomic E-state index is 0.00931. The molecular formula is C49H80O20. The van der Waals surface area contributed by atoms with E-state index in [1.54, 1.807) is 14.0 Å². The van der Waals surface area contributed by atoms with Gasteiger partial charge in [-0.3, -0.25) is 4.79 Å². The Morgan fingerprint density at radius 1 is 0.623 bits per heavy atom. The van der Waals surface area contributed by atoms with Crippen LogP contribution in [0.1, 0.15) is 99.3 Å². The zero-order valence-electron chi connectivity index (χ0n) is 41.0. The minimum atomic E-state index is -1.77. The third-order valence-corrected chi connectivity index (χ3v) is 20.5. The van der Waals surface area contributed by atoms with Crippen molar-refractivity contribution in [3.05, 3.63) is 0 Å². The third kappa shape index (κ3) is 7.82. The Morgan fingerprint density at radius 3 is 1.78 bits per heavy atom. The number of ketones is 1. The van der Waals surface area contributed by atoms with Gasteiger partial charge in [-0.25, -0.2) is 0 Å². The Morgan fingerprint density at radius 2 is 1.17 bits per heavy atom. The molecule has 396 valence electrons. The molecule has 9 fully saturated rings. The molecule has 0 aromatic heterocycles. The molecule has 5 saturated carbocycles. The van der Waals surface area contributed by atoms with Gasteiger partial charge in [-0.2, -0.15) is 0 Å². The van der Waals surface area contributed by atoms with Gasteiger partial charge < -0.3 is 94.1 Å². The first-order valence-electron chi connectivity index (χ1n) is 25.4. The van der Waals surface area contributed by atoms with E-state index in [1.807, 2.05) is 0 Å². The van der Waals surface area contributed by atoms with Gasteiger partial charge in [-0.15, -0.1) is 0 Å². The fraction of sp³-hybridized carbons (Fsp3) is 0.980. The molecule has 20 heteroatoms. The summed E-state index contributed by atoms with van der Waals surface area (Å²) in [5.41, 5.74) is -0.569. The summed E-state index contributed by atoms with van der Waals surface area (Å²) in [5, 5.41) is 114. The first kappa shape index (κ1) is 52.8. The summed E-state index contributed by atoms with van der Waals surface area (Å²) in [6.07, 6.45) is -15.8. The van der Waals surface area contributed by atoms with Crippen LogP contribution in [0.5, 0.6) is 0 Å². The number of aliphatic hydroxyl groups is 11. The summed E-state index contributed by atoms with van der Waals surface area (Å²) in [7, 11) is 1.72. The molecule has 0 aromatic rings. The van der Waals surface area contributed by atoms with E-state index in [1.165, 1.54) is 0 Å².